The van der Waals surface area contributed by atoms with Crippen molar-refractivity contribution in [1.29, 1.82) is 0 Å². The molecule has 5 N–H and O–H groups in total. The Morgan fingerprint density at radius 1 is 0.453 bits per heavy atom. The van der Waals surface area contributed by atoms with E-state index in [4.69, 9.17) is 0 Å². The molecule has 24 heteroatoms. The van der Waals surface area contributed by atoms with Crippen LogP contribution in [0.15, 0.2) is 12.2 Å². The van der Waals surface area contributed by atoms with Crippen LogP contribution in [0.2, 0.25) is 0 Å². The van der Waals surface area contributed by atoms with Gasteiger partial charge in [-0.25, -0.2) is 0 Å². The quantitative estimate of drug-likeness (QED) is 0.147. The van der Waals surface area contributed by atoms with Crippen molar-refractivity contribution < 1.29 is 57.8 Å². The number of nitrogens with one attached hydrogen (secondary N) is 4. The molecule has 12 atom stereocenters. The van der Waals surface area contributed by atoms with Crippen molar-refractivity contribution in [2.45, 2.75) is 223 Å². The van der Waals surface area contributed by atoms with Gasteiger partial charge < -0.3 is 60.7 Å². The SMILES string of the molecule is C/C=C\[C@@H](C)C(O)C1C(=O)N[C@@H](CC)C(=O)N(C)CC(=O)N(C)[C@@H](CC(C)C)C(=O)N[C@@H](C(C)C)C(=O)N(C)[C@H](CC(C)C)C(=O)N[C@H](C)C(=O)N[C@H](C)C(=O)N(C)[C@@H](CC(C)C)C(=O)N(C)[C@@H](CC(C)C)C(=O)N(C)[C@@H](CC(C)C)C(=O)N1C.Cl. The van der Waals surface area contributed by atoms with Crippen LogP contribution in [0.4, 0.5) is 0 Å². The number of halogens is 1. The fourth-order valence-corrected chi connectivity index (χ4v) is 10.6. The number of aliphatic hydroxyl groups is 1. The molecule has 1 aliphatic rings. The second kappa shape index (κ2) is 36.5. The summed E-state index contributed by atoms with van der Waals surface area (Å²) in [5, 5.41) is 23.0. The van der Waals surface area contributed by atoms with Gasteiger partial charge in [0.2, 0.25) is 65.0 Å². The Morgan fingerprint density at radius 3 is 1.21 bits per heavy atom. The van der Waals surface area contributed by atoms with Crippen molar-refractivity contribution in [3.63, 3.8) is 0 Å². The fourth-order valence-electron chi connectivity index (χ4n) is 10.6. The van der Waals surface area contributed by atoms with Gasteiger partial charge in [-0.1, -0.05) is 109 Å². The molecule has 23 nitrogen and oxygen atoms in total. The van der Waals surface area contributed by atoms with Crippen molar-refractivity contribution in [1.82, 2.24) is 55.6 Å². The first-order chi connectivity index (χ1) is 39.2. The highest BCUT2D eigenvalue weighted by atomic mass is 35.5. The Kier molecular flexibility index (Phi) is 34.0. The van der Waals surface area contributed by atoms with Gasteiger partial charge in [-0.05, 0) is 94.8 Å². The van der Waals surface area contributed by atoms with Gasteiger partial charge in [-0.15, -0.1) is 12.4 Å². The van der Waals surface area contributed by atoms with Gasteiger partial charge in [0.1, 0.15) is 60.4 Å². The summed E-state index contributed by atoms with van der Waals surface area (Å²) >= 11 is 0. The molecule has 494 valence electrons. The standard InChI is InChI=1S/C62H111N11O12.ClH/c1-25-27-40(15)52(75)51-56(79)65-43(26-2)58(81)67(18)33-49(74)68(19)44(28-34(3)4)55(78)66-50(39(13)14)62(85)69(20)45(29-35(5)6)54(77)63-41(16)53(76)64-42(17)57(80)70(21)46(30-36(7)8)59(82)71(22)47(31-37(9)10)60(83)72(23)48(32-38(11)12)61(84)73(51)24;/h25,27,34-48,50-52,75H,26,28-33H2,1-24H3,(H,63,77)(H,64,76)(H,65,79)(H,66,78);1H/b27-25-;/t40-,41-,42-,43+,44+,45-,46+,47+,48+,50+,51?,52?;/m1./s1. The zero-order chi connectivity index (χ0) is 66.0. The maximum atomic E-state index is 15.2. The Bertz CT molecular complexity index is 2330. The Labute approximate surface area is 521 Å². The number of carbonyl (C=O) groups excluding carboxylic acids is 11. The first kappa shape index (κ1) is 80.2. The van der Waals surface area contributed by atoms with Crippen LogP contribution in [0.25, 0.3) is 0 Å². The van der Waals surface area contributed by atoms with E-state index >= 15 is 9.59 Å². The lowest BCUT2D eigenvalue weighted by Crippen LogP contribution is -2.63. The topological polar surface area (TPSA) is 279 Å². The summed E-state index contributed by atoms with van der Waals surface area (Å²) in [4.78, 5) is 169. The van der Waals surface area contributed by atoms with Crippen LogP contribution in [-0.4, -0.2) is 227 Å². The molecule has 0 radical (unpaired) electrons. The third-order valence-electron chi connectivity index (χ3n) is 15.9. The van der Waals surface area contributed by atoms with Crippen molar-refractivity contribution in [2.75, 3.05) is 55.9 Å². The number of allylic oxidation sites excluding steroid dienone is 1. The van der Waals surface area contributed by atoms with Crippen LogP contribution >= 0.6 is 12.4 Å². The normalized spacial score (nSPS) is 26.6. The van der Waals surface area contributed by atoms with Gasteiger partial charge in [0.15, 0.2) is 0 Å². The van der Waals surface area contributed by atoms with Gasteiger partial charge in [0.05, 0.1) is 12.6 Å². The van der Waals surface area contributed by atoms with Crippen LogP contribution in [0.3, 0.4) is 0 Å². The zero-order valence-electron chi connectivity index (χ0n) is 56.5. The molecule has 1 fully saturated rings. The minimum Gasteiger partial charge on any atom is -0.390 e. The predicted octanol–water partition coefficient (Wildman–Crippen LogP) is 3.69. The Balaban J connectivity index is 0.0000722. The van der Waals surface area contributed by atoms with E-state index in [0.717, 1.165) is 9.80 Å². The minimum absolute atomic E-state index is 0. The fraction of sp³-hybridized carbons (Fsp3) is 0.790. The molecule has 1 heterocycles. The van der Waals surface area contributed by atoms with E-state index in [9.17, 15) is 48.3 Å². The minimum atomic E-state index is -1.62. The molecule has 11 amide bonds. The Hall–Kier alpha value is -5.84. The van der Waals surface area contributed by atoms with Gasteiger partial charge in [-0.3, -0.25) is 52.7 Å². The summed E-state index contributed by atoms with van der Waals surface area (Å²) in [7, 11) is 9.93. The molecule has 0 bridgehead atoms. The average Bonchev–Trinajstić information content (AvgIpc) is 2.55. The number of aliphatic hydroxyl groups excluding tert-OH is 1. The van der Waals surface area contributed by atoms with Gasteiger partial charge in [0, 0.05) is 55.3 Å². The van der Waals surface area contributed by atoms with Crippen LogP contribution in [-0.2, 0) is 52.7 Å². The summed E-state index contributed by atoms with van der Waals surface area (Å²) in [5.74, 6) is -9.41. The highest BCUT2D eigenvalue weighted by Gasteiger charge is 2.45. The number of hydrogen-bond acceptors (Lipinski definition) is 12. The number of carbonyl (C=O) groups is 11. The third kappa shape index (κ3) is 22.7. The summed E-state index contributed by atoms with van der Waals surface area (Å²) in [5.41, 5.74) is 0. The second-order valence-corrected chi connectivity index (χ2v) is 26.2. The first-order valence-electron chi connectivity index (χ1n) is 30.6. The third-order valence-corrected chi connectivity index (χ3v) is 15.9. The molecule has 0 aliphatic carbocycles. The lowest BCUT2D eigenvalue weighted by molar-refractivity contribution is -0.156. The van der Waals surface area contributed by atoms with Crippen LogP contribution in [0.5, 0.6) is 0 Å². The van der Waals surface area contributed by atoms with Crippen LogP contribution in [0, 0.1) is 41.4 Å². The number of rotatable bonds is 15. The van der Waals surface area contributed by atoms with Crippen molar-refractivity contribution in [2.24, 2.45) is 41.4 Å². The molecular formula is C62H112ClN11O12. The van der Waals surface area contributed by atoms with Crippen LogP contribution in [0.1, 0.15) is 156 Å². The van der Waals surface area contributed by atoms with Crippen molar-refractivity contribution in [3.8, 4) is 0 Å². The lowest BCUT2D eigenvalue weighted by atomic mass is 9.93. The van der Waals surface area contributed by atoms with Crippen LogP contribution < -0.4 is 21.3 Å². The molecule has 1 aliphatic heterocycles. The van der Waals surface area contributed by atoms with E-state index in [1.165, 1.54) is 87.7 Å². The second-order valence-electron chi connectivity index (χ2n) is 26.2. The van der Waals surface area contributed by atoms with E-state index in [1.807, 2.05) is 69.2 Å². The highest BCUT2D eigenvalue weighted by Crippen LogP contribution is 2.25. The van der Waals surface area contributed by atoms with E-state index in [2.05, 4.69) is 21.3 Å². The molecule has 86 heavy (non-hydrogen) atoms. The smallest absolute Gasteiger partial charge is 0.246 e. The lowest BCUT2D eigenvalue weighted by Gasteiger charge is -2.41. The summed E-state index contributed by atoms with van der Waals surface area (Å²) in [6, 6.07) is -12.3. The monoisotopic (exact) mass is 1240 g/mol. The summed E-state index contributed by atoms with van der Waals surface area (Å²) < 4.78 is 0. The van der Waals surface area contributed by atoms with E-state index in [1.54, 1.807) is 46.8 Å². The number of hydrogen-bond donors (Lipinski definition) is 5. The molecular weight excluding hydrogens is 1130 g/mol. The maximum Gasteiger partial charge on any atom is 0.246 e. The van der Waals surface area contributed by atoms with Gasteiger partial charge in [0.25, 0.3) is 0 Å². The molecule has 1 rings (SSSR count). The van der Waals surface area contributed by atoms with E-state index in [0.29, 0.717) is 0 Å². The highest BCUT2D eigenvalue weighted by molar-refractivity contribution is 5.99. The van der Waals surface area contributed by atoms with Crippen molar-refractivity contribution in [3.05, 3.63) is 12.2 Å². The van der Waals surface area contributed by atoms with E-state index < -0.39 is 150 Å². The molecule has 1 saturated heterocycles. The molecule has 0 saturated carbocycles. The maximum absolute atomic E-state index is 15.2. The Morgan fingerprint density at radius 2 is 0.814 bits per heavy atom. The molecule has 0 spiro atoms. The summed E-state index contributed by atoms with van der Waals surface area (Å²) in [6.07, 6.45) is 2.55. The number of nitrogens with zero attached hydrogens (tertiary/aromatic N) is 7. The van der Waals surface area contributed by atoms with Crippen molar-refractivity contribution >= 4 is 77.4 Å². The molecule has 0 aromatic heterocycles. The first-order valence-corrected chi connectivity index (χ1v) is 30.6. The number of amides is 11. The van der Waals surface area contributed by atoms with Gasteiger partial charge in [-0.2, -0.15) is 0 Å². The molecule has 0 aromatic rings. The largest absolute Gasteiger partial charge is 0.390 e. The number of likely N-dealkylation sites (N-methyl/N-ethyl adjacent to an activating group) is 7. The average molecular weight is 1240 g/mol. The van der Waals surface area contributed by atoms with Gasteiger partial charge >= 0.3 is 0 Å². The summed E-state index contributed by atoms with van der Waals surface area (Å²) in [6.45, 7) is 29.5. The molecule has 0 aromatic carbocycles. The van der Waals surface area contributed by atoms with E-state index in [-0.39, 0.29) is 80.5 Å². The predicted molar refractivity (Wildman–Crippen MR) is 336 cm³/mol. The molecule has 2 unspecified atom stereocenters. The zero-order valence-corrected chi connectivity index (χ0v) is 57.3.